The van der Waals surface area contributed by atoms with Crippen molar-refractivity contribution in [1.29, 1.82) is 0 Å². The molecule has 1 aromatic carbocycles. The van der Waals surface area contributed by atoms with Gasteiger partial charge in [-0.05, 0) is 24.6 Å². The highest BCUT2D eigenvalue weighted by Gasteiger charge is 2.24. The standard InChI is InChI=1S/C15H23N3/c1-15(2,3)13(16-4)10-14-17-11-8-6-7-9-12(11)18(14)5/h6-9,13,16H,10H2,1-5H3. The minimum Gasteiger partial charge on any atom is -0.331 e. The van der Waals surface area contributed by atoms with Crippen LogP contribution >= 0.6 is 0 Å². The van der Waals surface area contributed by atoms with Crippen molar-refractivity contribution in [3.8, 4) is 0 Å². The summed E-state index contributed by atoms with van der Waals surface area (Å²) in [5.41, 5.74) is 2.52. The number of imidazole rings is 1. The molecule has 1 atom stereocenters. The molecule has 0 amide bonds. The highest BCUT2D eigenvalue weighted by atomic mass is 15.1. The van der Waals surface area contributed by atoms with Gasteiger partial charge in [0, 0.05) is 19.5 Å². The van der Waals surface area contributed by atoms with Crippen molar-refractivity contribution in [2.45, 2.75) is 33.2 Å². The average Bonchev–Trinajstić information content (AvgIpc) is 2.62. The smallest absolute Gasteiger partial charge is 0.111 e. The second-order valence-corrected chi connectivity index (χ2v) is 5.99. The van der Waals surface area contributed by atoms with Crippen LogP contribution in [-0.4, -0.2) is 22.6 Å². The first kappa shape index (κ1) is 13.1. The molecule has 1 unspecified atom stereocenters. The molecule has 1 aromatic heterocycles. The quantitative estimate of drug-likeness (QED) is 0.901. The molecule has 3 heteroatoms. The summed E-state index contributed by atoms with van der Waals surface area (Å²) in [6.07, 6.45) is 0.950. The maximum absolute atomic E-state index is 4.74. The van der Waals surface area contributed by atoms with Crippen LogP contribution in [-0.2, 0) is 13.5 Å². The molecule has 0 saturated heterocycles. The fourth-order valence-electron chi connectivity index (χ4n) is 2.40. The van der Waals surface area contributed by atoms with Crippen molar-refractivity contribution < 1.29 is 0 Å². The summed E-state index contributed by atoms with van der Waals surface area (Å²) in [4.78, 5) is 4.74. The molecule has 0 aliphatic heterocycles. The molecule has 18 heavy (non-hydrogen) atoms. The monoisotopic (exact) mass is 245 g/mol. The van der Waals surface area contributed by atoms with Crippen LogP contribution in [0.4, 0.5) is 0 Å². The Bertz CT molecular complexity index is 534. The number of hydrogen-bond donors (Lipinski definition) is 1. The summed E-state index contributed by atoms with van der Waals surface area (Å²) in [5.74, 6) is 1.14. The Labute approximate surface area is 109 Å². The predicted octanol–water partition coefficient (Wildman–Crippen LogP) is 2.75. The van der Waals surface area contributed by atoms with Crippen LogP contribution in [0.5, 0.6) is 0 Å². The topological polar surface area (TPSA) is 29.9 Å². The summed E-state index contributed by atoms with van der Waals surface area (Å²) in [7, 11) is 4.12. The maximum atomic E-state index is 4.74. The Morgan fingerprint density at radius 2 is 1.94 bits per heavy atom. The van der Waals surface area contributed by atoms with Crippen LogP contribution < -0.4 is 5.32 Å². The predicted molar refractivity (Wildman–Crippen MR) is 76.7 cm³/mol. The van der Waals surface area contributed by atoms with Gasteiger partial charge >= 0.3 is 0 Å². The van der Waals surface area contributed by atoms with Gasteiger partial charge in [-0.3, -0.25) is 0 Å². The number of aryl methyl sites for hydroxylation is 1. The highest BCUT2D eigenvalue weighted by molar-refractivity contribution is 5.75. The van der Waals surface area contributed by atoms with Crippen molar-refractivity contribution in [2.24, 2.45) is 12.5 Å². The molecule has 1 N–H and O–H groups in total. The Hall–Kier alpha value is -1.35. The molecule has 3 nitrogen and oxygen atoms in total. The number of nitrogens with one attached hydrogen (secondary N) is 1. The Kier molecular flexibility index (Phi) is 3.44. The molecule has 0 saturated carbocycles. The van der Waals surface area contributed by atoms with E-state index in [0.717, 1.165) is 17.8 Å². The van der Waals surface area contributed by atoms with Crippen molar-refractivity contribution >= 4 is 11.0 Å². The van der Waals surface area contributed by atoms with E-state index in [2.05, 4.69) is 55.9 Å². The first-order chi connectivity index (χ1) is 8.43. The number of hydrogen-bond acceptors (Lipinski definition) is 2. The minimum absolute atomic E-state index is 0.229. The molecule has 98 valence electrons. The zero-order chi connectivity index (χ0) is 13.3. The van der Waals surface area contributed by atoms with E-state index in [1.165, 1.54) is 5.52 Å². The van der Waals surface area contributed by atoms with Crippen LogP contribution in [0.3, 0.4) is 0 Å². The molecule has 0 fully saturated rings. The highest BCUT2D eigenvalue weighted by Crippen LogP contribution is 2.23. The zero-order valence-corrected chi connectivity index (χ0v) is 12.0. The van der Waals surface area contributed by atoms with Gasteiger partial charge in [-0.1, -0.05) is 32.9 Å². The molecule has 2 rings (SSSR count). The molecule has 0 radical (unpaired) electrons. The molecule has 0 spiro atoms. The molecular weight excluding hydrogens is 222 g/mol. The number of fused-ring (bicyclic) bond motifs is 1. The fraction of sp³-hybridized carbons (Fsp3) is 0.533. The summed E-state index contributed by atoms with van der Waals surface area (Å²) in [6, 6.07) is 8.72. The van der Waals surface area contributed by atoms with Gasteiger partial charge in [0.1, 0.15) is 5.82 Å². The van der Waals surface area contributed by atoms with Gasteiger partial charge in [0.25, 0.3) is 0 Å². The number of aromatic nitrogens is 2. The van der Waals surface area contributed by atoms with Crippen LogP contribution in [0.1, 0.15) is 26.6 Å². The van der Waals surface area contributed by atoms with Gasteiger partial charge in [0.05, 0.1) is 11.0 Å². The van der Waals surface area contributed by atoms with E-state index in [0.29, 0.717) is 6.04 Å². The normalized spacial score (nSPS) is 14.1. The minimum atomic E-state index is 0.229. The van der Waals surface area contributed by atoms with Crippen LogP contribution in [0.2, 0.25) is 0 Å². The van der Waals surface area contributed by atoms with E-state index in [4.69, 9.17) is 4.98 Å². The molecule has 2 aromatic rings. The van der Waals surface area contributed by atoms with E-state index in [1.807, 2.05) is 13.1 Å². The lowest BCUT2D eigenvalue weighted by Crippen LogP contribution is -2.40. The van der Waals surface area contributed by atoms with E-state index >= 15 is 0 Å². The van der Waals surface area contributed by atoms with Crippen molar-refractivity contribution in [2.75, 3.05) is 7.05 Å². The van der Waals surface area contributed by atoms with Crippen molar-refractivity contribution in [1.82, 2.24) is 14.9 Å². The molecule has 0 bridgehead atoms. The van der Waals surface area contributed by atoms with Crippen LogP contribution in [0.15, 0.2) is 24.3 Å². The summed E-state index contributed by atoms with van der Waals surface area (Å²) >= 11 is 0. The number of likely N-dealkylation sites (N-methyl/N-ethyl adjacent to an activating group) is 1. The Morgan fingerprint density at radius 3 is 2.50 bits per heavy atom. The Balaban J connectivity index is 2.34. The molecule has 1 heterocycles. The number of nitrogens with zero attached hydrogens (tertiary/aromatic N) is 2. The second-order valence-electron chi connectivity index (χ2n) is 5.99. The SMILES string of the molecule is CNC(Cc1nc2ccccc2n1C)C(C)(C)C. The third-order valence-electron chi connectivity index (χ3n) is 3.66. The molecular formula is C15H23N3. The van der Waals surface area contributed by atoms with Gasteiger partial charge in [-0.2, -0.15) is 0 Å². The van der Waals surface area contributed by atoms with Gasteiger partial charge < -0.3 is 9.88 Å². The lowest BCUT2D eigenvalue weighted by molar-refractivity contribution is 0.275. The molecule has 0 aliphatic rings. The first-order valence-corrected chi connectivity index (χ1v) is 6.51. The van der Waals surface area contributed by atoms with Gasteiger partial charge in [0.15, 0.2) is 0 Å². The third kappa shape index (κ3) is 2.41. The number of rotatable bonds is 3. The number of para-hydroxylation sites is 2. The van der Waals surface area contributed by atoms with Crippen molar-refractivity contribution in [3.05, 3.63) is 30.1 Å². The first-order valence-electron chi connectivity index (χ1n) is 6.51. The summed E-state index contributed by atoms with van der Waals surface area (Å²) < 4.78 is 2.20. The van der Waals surface area contributed by atoms with Gasteiger partial charge in [0.2, 0.25) is 0 Å². The fourth-order valence-corrected chi connectivity index (χ4v) is 2.40. The van der Waals surface area contributed by atoms with Gasteiger partial charge in [-0.15, -0.1) is 0 Å². The summed E-state index contributed by atoms with van der Waals surface area (Å²) in [5, 5.41) is 3.41. The van der Waals surface area contributed by atoms with E-state index in [-0.39, 0.29) is 5.41 Å². The average molecular weight is 245 g/mol. The van der Waals surface area contributed by atoms with E-state index < -0.39 is 0 Å². The maximum Gasteiger partial charge on any atom is 0.111 e. The molecule has 0 aliphatic carbocycles. The summed E-state index contributed by atoms with van der Waals surface area (Å²) in [6.45, 7) is 6.78. The zero-order valence-electron chi connectivity index (χ0n) is 12.0. The lowest BCUT2D eigenvalue weighted by atomic mass is 9.85. The van der Waals surface area contributed by atoms with Crippen LogP contribution in [0, 0.1) is 5.41 Å². The Morgan fingerprint density at radius 1 is 1.28 bits per heavy atom. The third-order valence-corrected chi connectivity index (χ3v) is 3.66. The van der Waals surface area contributed by atoms with Crippen LogP contribution in [0.25, 0.3) is 11.0 Å². The lowest BCUT2D eigenvalue weighted by Gasteiger charge is -2.30. The number of benzene rings is 1. The van der Waals surface area contributed by atoms with Gasteiger partial charge in [-0.25, -0.2) is 4.98 Å². The van der Waals surface area contributed by atoms with E-state index in [1.54, 1.807) is 0 Å². The second kappa shape index (κ2) is 4.73. The van der Waals surface area contributed by atoms with Crippen molar-refractivity contribution in [3.63, 3.8) is 0 Å². The van der Waals surface area contributed by atoms with E-state index in [9.17, 15) is 0 Å². The largest absolute Gasteiger partial charge is 0.331 e.